The second-order valence-corrected chi connectivity index (χ2v) is 4.13. The molecule has 2 unspecified atom stereocenters. The second-order valence-electron chi connectivity index (χ2n) is 4.13. The third kappa shape index (κ3) is 3.06. The number of nitrogens with zero attached hydrogens (tertiary/aromatic N) is 1. The van der Waals surface area contributed by atoms with Crippen molar-refractivity contribution in [1.82, 2.24) is 4.90 Å². The third-order valence-electron chi connectivity index (χ3n) is 3.18. The first kappa shape index (κ1) is 13.2. The van der Waals surface area contributed by atoms with Crippen molar-refractivity contribution in [2.45, 2.75) is 38.8 Å². The SMILES string of the molecule is CC.CN1CCCC1C(N)c1ccccc1. The number of likely N-dealkylation sites (N-methyl/N-ethyl adjacent to an activating group) is 1. The van der Waals surface area contributed by atoms with Gasteiger partial charge in [-0.1, -0.05) is 44.2 Å². The molecule has 1 aliphatic rings. The fourth-order valence-corrected chi connectivity index (χ4v) is 2.29. The second kappa shape index (κ2) is 6.66. The molecular weight excluding hydrogens is 196 g/mol. The monoisotopic (exact) mass is 220 g/mol. The van der Waals surface area contributed by atoms with Crippen LogP contribution in [0.25, 0.3) is 0 Å². The van der Waals surface area contributed by atoms with Crippen molar-refractivity contribution in [1.29, 1.82) is 0 Å². The molecule has 0 radical (unpaired) electrons. The average Bonchev–Trinajstić information content (AvgIpc) is 2.78. The van der Waals surface area contributed by atoms with E-state index in [1.807, 2.05) is 19.9 Å². The van der Waals surface area contributed by atoms with Gasteiger partial charge in [-0.2, -0.15) is 0 Å². The molecule has 16 heavy (non-hydrogen) atoms. The number of hydrogen-bond donors (Lipinski definition) is 1. The van der Waals surface area contributed by atoms with Gasteiger partial charge in [0.15, 0.2) is 0 Å². The number of hydrogen-bond acceptors (Lipinski definition) is 2. The summed E-state index contributed by atoms with van der Waals surface area (Å²) in [6.45, 7) is 5.19. The molecule has 2 rings (SSSR count). The van der Waals surface area contributed by atoms with E-state index in [2.05, 4.69) is 36.2 Å². The molecular formula is C14H24N2. The maximum absolute atomic E-state index is 6.25. The summed E-state index contributed by atoms with van der Waals surface area (Å²) in [7, 11) is 2.17. The predicted octanol–water partition coefficient (Wildman–Crippen LogP) is 2.81. The number of benzene rings is 1. The van der Waals surface area contributed by atoms with E-state index < -0.39 is 0 Å². The summed E-state index contributed by atoms with van der Waals surface area (Å²) in [5.41, 5.74) is 7.50. The molecule has 0 bridgehead atoms. The first-order chi connectivity index (χ1) is 7.79. The van der Waals surface area contributed by atoms with Gasteiger partial charge >= 0.3 is 0 Å². The van der Waals surface area contributed by atoms with E-state index in [-0.39, 0.29) is 6.04 Å². The predicted molar refractivity (Wildman–Crippen MR) is 70.4 cm³/mol. The lowest BCUT2D eigenvalue weighted by atomic mass is 9.99. The molecule has 0 aliphatic carbocycles. The summed E-state index contributed by atoms with van der Waals surface area (Å²) in [6.07, 6.45) is 2.51. The molecule has 1 aromatic carbocycles. The Labute approximate surface area is 99.5 Å². The summed E-state index contributed by atoms with van der Waals surface area (Å²) >= 11 is 0. The molecule has 90 valence electrons. The van der Waals surface area contributed by atoms with E-state index in [0.717, 1.165) is 0 Å². The minimum absolute atomic E-state index is 0.170. The van der Waals surface area contributed by atoms with Crippen LogP contribution >= 0.6 is 0 Å². The van der Waals surface area contributed by atoms with Gasteiger partial charge in [0.25, 0.3) is 0 Å². The fourth-order valence-electron chi connectivity index (χ4n) is 2.29. The maximum Gasteiger partial charge on any atom is 0.0452 e. The highest BCUT2D eigenvalue weighted by Gasteiger charge is 2.27. The summed E-state index contributed by atoms with van der Waals surface area (Å²) in [4.78, 5) is 2.37. The molecule has 1 aromatic rings. The maximum atomic E-state index is 6.25. The highest BCUT2D eigenvalue weighted by molar-refractivity contribution is 5.20. The number of likely N-dealkylation sites (tertiary alicyclic amines) is 1. The molecule has 1 heterocycles. The first-order valence-corrected chi connectivity index (χ1v) is 6.30. The molecule has 2 N–H and O–H groups in total. The summed E-state index contributed by atoms with van der Waals surface area (Å²) in [5, 5.41) is 0. The van der Waals surface area contributed by atoms with E-state index in [4.69, 9.17) is 5.73 Å². The van der Waals surface area contributed by atoms with Gasteiger partial charge < -0.3 is 10.6 Å². The first-order valence-electron chi connectivity index (χ1n) is 6.30. The van der Waals surface area contributed by atoms with E-state index in [0.29, 0.717) is 6.04 Å². The van der Waals surface area contributed by atoms with Crippen LogP contribution in [0.15, 0.2) is 30.3 Å². The highest BCUT2D eigenvalue weighted by Crippen LogP contribution is 2.25. The van der Waals surface area contributed by atoms with Gasteiger partial charge in [-0.15, -0.1) is 0 Å². The van der Waals surface area contributed by atoms with Gasteiger partial charge in [-0.05, 0) is 32.0 Å². The number of nitrogens with two attached hydrogens (primary N) is 1. The normalized spacial score (nSPS) is 22.4. The van der Waals surface area contributed by atoms with Gasteiger partial charge in [-0.3, -0.25) is 0 Å². The van der Waals surface area contributed by atoms with E-state index >= 15 is 0 Å². The Hall–Kier alpha value is -0.860. The molecule has 1 saturated heterocycles. The van der Waals surface area contributed by atoms with Crippen molar-refractivity contribution in [3.63, 3.8) is 0 Å². The molecule has 2 heteroatoms. The summed E-state index contributed by atoms with van der Waals surface area (Å²) < 4.78 is 0. The lowest BCUT2D eigenvalue weighted by Crippen LogP contribution is -2.35. The Morgan fingerprint density at radius 2 is 1.88 bits per heavy atom. The third-order valence-corrected chi connectivity index (χ3v) is 3.18. The van der Waals surface area contributed by atoms with E-state index in [1.165, 1.54) is 24.9 Å². The number of rotatable bonds is 2. The fraction of sp³-hybridized carbons (Fsp3) is 0.571. The summed E-state index contributed by atoms with van der Waals surface area (Å²) in [6, 6.07) is 11.1. The summed E-state index contributed by atoms with van der Waals surface area (Å²) in [5.74, 6) is 0. The van der Waals surface area contributed by atoms with Crippen molar-refractivity contribution in [2.24, 2.45) is 5.73 Å². The Bertz CT molecular complexity index is 284. The van der Waals surface area contributed by atoms with Crippen LogP contribution in [-0.4, -0.2) is 24.5 Å². The van der Waals surface area contributed by atoms with Crippen LogP contribution in [-0.2, 0) is 0 Å². The Balaban J connectivity index is 0.000000606. The van der Waals surface area contributed by atoms with Crippen molar-refractivity contribution in [2.75, 3.05) is 13.6 Å². The highest BCUT2D eigenvalue weighted by atomic mass is 15.2. The largest absolute Gasteiger partial charge is 0.323 e. The van der Waals surface area contributed by atoms with Gasteiger partial charge in [0.2, 0.25) is 0 Å². The minimum atomic E-state index is 0.170. The van der Waals surface area contributed by atoms with Crippen LogP contribution in [0.5, 0.6) is 0 Å². The van der Waals surface area contributed by atoms with Crippen LogP contribution in [0.2, 0.25) is 0 Å². The quantitative estimate of drug-likeness (QED) is 0.830. The van der Waals surface area contributed by atoms with Gasteiger partial charge in [0, 0.05) is 12.1 Å². The van der Waals surface area contributed by atoms with Crippen LogP contribution < -0.4 is 5.73 Å². The topological polar surface area (TPSA) is 29.3 Å². The molecule has 0 amide bonds. The minimum Gasteiger partial charge on any atom is -0.323 e. The molecule has 2 nitrogen and oxygen atoms in total. The standard InChI is InChI=1S/C12H18N2.C2H6/c1-14-9-5-8-11(14)12(13)10-6-3-2-4-7-10;1-2/h2-4,6-7,11-12H,5,8-9,13H2,1H3;1-2H3. The zero-order valence-corrected chi connectivity index (χ0v) is 10.7. The van der Waals surface area contributed by atoms with Crippen molar-refractivity contribution in [3.8, 4) is 0 Å². The van der Waals surface area contributed by atoms with Gasteiger partial charge in [0.1, 0.15) is 0 Å². The average molecular weight is 220 g/mol. The zero-order chi connectivity index (χ0) is 12.0. The molecule has 0 spiro atoms. The Morgan fingerprint density at radius 1 is 1.25 bits per heavy atom. The lowest BCUT2D eigenvalue weighted by Gasteiger charge is -2.26. The Morgan fingerprint density at radius 3 is 2.38 bits per heavy atom. The van der Waals surface area contributed by atoms with Crippen LogP contribution in [0.4, 0.5) is 0 Å². The lowest BCUT2D eigenvalue weighted by molar-refractivity contribution is 0.273. The van der Waals surface area contributed by atoms with Crippen molar-refractivity contribution in [3.05, 3.63) is 35.9 Å². The molecule has 1 fully saturated rings. The Kier molecular flexibility index (Phi) is 5.50. The van der Waals surface area contributed by atoms with E-state index in [1.54, 1.807) is 0 Å². The van der Waals surface area contributed by atoms with Gasteiger partial charge in [-0.25, -0.2) is 0 Å². The van der Waals surface area contributed by atoms with Crippen LogP contribution in [0.3, 0.4) is 0 Å². The smallest absolute Gasteiger partial charge is 0.0452 e. The van der Waals surface area contributed by atoms with Gasteiger partial charge in [0.05, 0.1) is 0 Å². The van der Waals surface area contributed by atoms with Crippen molar-refractivity contribution >= 4 is 0 Å². The molecule has 0 saturated carbocycles. The van der Waals surface area contributed by atoms with Crippen LogP contribution in [0.1, 0.15) is 38.3 Å². The van der Waals surface area contributed by atoms with Crippen LogP contribution in [0, 0.1) is 0 Å². The van der Waals surface area contributed by atoms with Crippen molar-refractivity contribution < 1.29 is 0 Å². The zero-order valence-electron chi connectivity index (χ0n) is 10.7. The molecule has 1 aliphatic heterocycles. The molecule has 2 atom stereocenters. The van der Waals surface area contributed by atoms with E-state index in [9.17, 15) is 0 Å². The molecule has 0 aromatic heterocycles.